The molecule has 0 aliphatic rings. The van der Waals surface area contributed by atoms with Gasteiger partial charge in [-0.05, 0) is 26.8 Å². The van der Waals surface area contributed by atoms with Gasteiger partial charge in [-0.3, -0.25) is 0 Å². The summed E-state index contributed by atoms with van der Waals surface area (Å²) in [7, 11) is 0. The minimum Gasteiger partial charge on any atom is -0.478 e. The average Bonchev–Trinajstić information content (AvgIpc) is 2.38. The molecule has 0 radical (unpaired) electrons. The number of carboxylic acid groups (broad SMARTS) is 2. The van der Waals surface area contributed by atoms with Crippen molar-refractivity contribution in [1.82, 2.24) is 0 Å². The molecule has 20 heavy (non-hydrogen) atoms. The molecule has 0 heterocycles. The summed E-state index contributed by atoms with van der Waals surface area (Å²) in [5.41, 5.74) is -0.418. The molecular formula is C14H18O6. The highest BCUT2D eigenvalue weighted by Gasteiger charge is 2.34. The number of hydrogen-bond donors (Lipinski definition) is 2. The minimum absolute atomic E-state index is 0.189. The van der Waals surface area contributed by atoms with Crippen LogP contribution < -0.4 is 0 Å². The summed E-state index contributed by atoms with van der Waals surface area (Å²) in [6.45, 7) is 5.67. The van der Waals surface area contributed by atoms with Gasteiger partial charge >= 0.3 is 11.9 Å². The maximum Gasteiger partial charge on any atom is 0.337 e. The summed E-state index contributed by atoms with van der Waals surface area (Å²) in [5.74, 6) is -3.94. The number of rotatable bonds is 7. The Morgan fingerprint density at radius 1 is 1.10 bits per heavy atom. The summed E-state index contributed by atoms with van der Waals surface area (Å²) in [6, 6.07) is 4.22. The molecule has 1 aromatic rings. The Morgan fingerprint density at radius 3 is 2.05 bits per heavy atom. The standard InChI is InChI=1S/C14H18O6/c1-4-19-14(3,20-5-2)10-8-6-7-9(12(15)16)11(10)13(17)18/h6-8H,4-5H2,1-3H3,(H,15,16)(H,17,18). The van der Waals surface area contributed by atoms with Crippen molar-refractivity contribution in [3.63, 3.8) is 0 Å². The van der Waals surface area contributed by atoms with Gasteiger partial charge in [0, 0.05) is 18.8 Å². The highest BCUT2D eigenvalue weighted by atomic mass is 16.7. The van der Waals surface area contributed by atoms with Crippen LogP contribution in [0.2, 0.25) is 0 Å². The number of ether oxygens (including phenoxy) is 2. The summed E-state index contributed by atoms with van der Waals surface area (Å²) in [5, 5.41) is 18.4. The number of benzene rings is 1. The Balaban J connectivity index is 3.53. The molecule has 110 valence electrons. The van der Waals surface area contributed by atoms with E-state index < -0.39 is 17.7 Å². The van der Waals surface area contributed by atoms with Gasteiger partial charge in [0.1, 0.15) is 0 Å². The van der Waals surface area contributed by atoms with E-state index in [1.165, 1.54) is 18.2 Å². The third-order valence-corrected chi connectivity index (χ3v) is 2.84. The molecule has 0 saturated heterocycles. The number of carboxylic acids is 2. The molecule has 0 amide bonds. The van der Waals surface area contributed by atoms with Crippen molar-refractivity contribution < 1.29 is 29.3 Å². The lowest BCUT2D eigenvalue weighted by atomic mass is 9.95. The summed E-state index contributed by atoms with van der Waals surface area (Å²) in [4.78, 5) is 22.6. The fourth-order valence-corrected chi connectivity index (χ4v) is 2.09. The second kappa shape index (κ2) is 6.49. The van der Waals surface area contributed by atoms with Gasteiger partial charge in [0.15, 0.2) is 5.79 Å². The first-order chi connectivity index (χ1) is 9.37. The van der Waals surface area contributed by atoms with Crippen molar-refractivity contribution in [1.29, 1.82) is 0 Å². The molecule has 0 bridgehead atoms. The van der Waals surface area contributed by atoms with Crippen LogP contribution in [0.15, 0.2) is 18.2 Å². The second-order valence-electron chi connectivity index (χ2n) is 4.15. The molecule has 0 aromatic heterocycles. The Kier molecular flexibility index (Phi) is 5.24. The van der Waals surface area contributed by atoms with Crippen LogP contribution in [0.4, 0.5) is 0 Å². The topological polar surface area (TPSA) is 93.1 Å². The lowest BCUT2D eigenvalue weighted by molar-refractivity contribution is -0.230. The van der Waals surface area contributed by atoms with Gasteiger partial charge in [0.05, 0.1) is 11.1 Å². The first-order valence-electron chi connectivity index (χ1n) is 6.25. The maximum absolute atomic E-state index is 11.4. The van der Waals surface area contributed by atoms with Crippen molar-refractivity contribution in [2.45, 2.75) is 26.6 Å². The fourth-order valence-electron chi connectivity index (χ4n) is 2.09. The van der Waals surface area contributed by atoms with Crippen molar-refractivity contribution in [3.8, 4) is 0 Å². The van der Waals surface area contributed by atoms with E-state index in [0.717, 1.165) is 0 Å². The van der Waals surface area contributed by atoms with Crippen molar-refractivity contribution in [2.75, 3.05) is 13.2 Å². The Morgan fingerprint density at radius 2 is 1.65 bits per heavy atom. The predicted octanol–water partition coefficient (Wildman–Crippen LogP) is 2.33. The van der Waals surface area contributed by atoms with E-state index >= 15 is 0 Å². The summed E-state index contributed by atoms with van der Waals surface area (Å²) < 4.78 is 11.0. The van der Waals surface area contributed by atoms with Crippen LogP contribution in [0.1, 0.15) is 47.1 Å². The molecule has 2 N–H and O–H groups in total. The number of aromatic carboxylic acids is 2. The van der Waals surface area contributed by atoms with E-state index in [2.05, 4.69) is 0 Å². The van der Waals surface area contributed by atoms with Crippen molar-refractivity contribution >= 4 is 11.9 Å². The normalized spacial score (nSPS) is 11.3. The Labute approximate surface area is 116 Å². The van der Waals surface area contributed by atoms with E-state index in [1.807, 2.05) is 0 Å². The summed E-state index contributed by atoms with van der Waals surface area (Å²) >= 11 is 0. The Bertz CT molecular complexity index is 502. The number of carbonyl (C=O) groups is 2. The monoisotopic (exact) mass is 282 g/mol. The van der Waals surface area contributed by atoms with E-state index in [4.69, 9.17) is 14.6 Å². The van der Waals surface area contributed by atoms with Crippen molar-refractivity contribution in [3.05, 3.63) is 34.9 Å². The molecule has 6 heteroatoms. The van der Waals surface area contributed by atoms with Gasteiger partial charge in [0.25, 0.3) is 0 Å². The molecule has 0 unspecified atom stereocenters. The molecule has 0 aliphatic carbocycles. The molecule has 1 rings (SSSR count). The SMILES string of the molecule is CCOC(C)(OCC)c1cccc(C(=O)O)c1C(=O)O. The average molecular weight is 282 g/mol. The predicted molar refractivity (Wildman–Crippen MR) is 71.0 cm³/mol. The summed E-state index contributed by atoms with van der Waals surface area (Å²) in [6.07, 6.45) is 0. The van der Waals surface area contributed by atoms with E-state index in [9.17, 15) is 14.7 Å². The molecule has 0 aliphatic heterocycles. The number of hydrogen-bond acceptors (Lipinski definition) is 4. The molecule has 0 spiro atoms. The third kappa shape index (κ3) is 3.15. The zero-order valence-corrected chi connectivity index (χ0v) is 11.7. The van der Waals surface area contributed by atoms with Crippen LogP contribution in [-0.4, -0.2) is 35.4 Å². The van der Waals surface area contributed by atoms with E-state index in [-0.39, 0.29) is 16.7 Å². The Hall–Kier alpha value is -1.92. The molecule has 0 saturated carbocycles. The van der Waals surface area contributed by atoms with Crippen LogP contribution in [0.25, 0.3) is 0 Å². The van der Waals surface area contributed by atoms with Gasteiger partial charge < -0.3 is 19.7 Å². The minimum atomic E-state index is -1.33. The lowest BCUT2D eigenvalue weighted by Gasteiger charge is -2.31. The van der Waals surface area contributed by atoms with Crippen LogP contribution in [0, 0.1) is 0 Å². The van der Waals surface area contributed by atoms with Crippen LogP contribution in [0.3, 0.4) is 0 Å². The zero-order chi connectivity index (χ0) is 15.3. The van der Waals surface area contributed by atoms with Crippen LogP contribution in [0.5, 0.6) is 0 Å². The highest BCUT2D eigenvalue weighted by molar-refractivity contribution is 6.02. The largest absolute Gasteiger partial charge is 0.478 e. The van der Waals surface area contributed by atoms with E-state index in [1.54, 1.807) is 20.8 Å². The quantitative estimate of drug-likeness (QED) is 0.745. The molecule has 0 atom stereocenters. The molecular weight excluding hydrogens is 264 g/mol. The van der Waals surface area contributed by atoms with Gasteiger partial charge in [-0.25, -0.2) is 9.59 Å². The first kappa shape index (κ1) is 16.1. The van der Waals surface area contributed by atoms with Gasteiger partial charge in [-0.2, -0.15) is 0 Å². The molecule has 1 aromatic carbocycles. The van der Waals surface area contributed by atoms with Gasteiger partial charge in [-0.15, -0.1) is 0 Å². The van der Waals surface area contributed by atoms with Crippen LogP contribution >= 0.6 is 0 Å². The maximum atomic E-state index is 11.4. The van der Waals surface area contributed by atoms with Crippen LogP contribution in [-0.2, 0) is 15.3 Å². The highest BCUT2D eigenvalue weighted by Crippen LogP contribution is 2.31. The third-order valence-electron chi connectivity index (χ3n) is 2.84. The van der Waals surface area contributed by atoms with Gasteiger partial charge in [-0.1, -0.05) is 12.1 Å². The van der Waals surface area contributed by atoms with Crippen molar-refractivity contribution in [2.24, 2.45) is 0 Å². The second-order valence-corrected chi connectivity index (χ2v) is 4.15. The first-order valence-corrected chi connectivity index (χ1v) is 6.25. The van der Waals surface area contributed by atoms with E-state index in [0.29, 0.717) is 13.2 Å². The van der Waals surface area contributed by atoms with Gasteiger partial charge in [0.2, 0.25) is 0 Å². The lowest BCUT2D eigenvalue weighted by Crippen LogP contribution is -2.32. The zero-order valence-electron chi connectivity index (χ0n) is 11.7. The fraction of sp³-hybridized carbons (Fsp3) is 0.429. The smallest absolute Gasteiger partial charge is 0.337 e. The molecule has 6 nitrogen and oxygen atoms in total. The molecule has 0 fully saturated rings.